The van der Waals surface area contributed by atoms with Gasteiger partial charge in [0.1, 0.15) is 17.3 Å². The first kappa shape index (κ1) is 20.4. The second-order valence-electron chi connectivity index (χ2n) is 6.46. The number of hydrazone groups is 1. The number of hydrogen-bond acceptors (Lipinski definition) is 4. The normalized spacial score (nSPS) is 15.2. The maximum absolute atomic E-state index is 14.5. The molecule has 0 spiro atoms. The standard InChI is InChI=1S/C19H20ClF2N5S/c20-15-3-1-2-13(8-15)12-26-4-6-27(7-5-26)18-16(21)9-14(10-17(18)22)11-24-25-19(23)28/h1-3,8-11H,4-7,12H2,(H3,23,25,28)/b24-11+. The lowest BCUT2D eigenvalue weighted by atomic mass is 10.1. The van der Waals surface area contributed by atoms with E-state index in [1.54, 1.807) is 4.90 Å². The number of benzene rings is 2. The summed E-state index contributed by atoms with van der Waals surface area (Å²) in [6, 6.07) is 10.2. The minimum Gasteiger partial charge on any atom is -0.375 e. The molecule has 9 heteroatoms. The Morgan fingerprint density at radius 1 is 1.18 bits per heavy atom. The molecule has 1 aliphatic heterocycles. The van der Waals surface area contributed by atoms with Crippen molar-refractivity contribution in [3.63, 3.8) is 0 Å². The molecule has 1 heterocycles. The van der Waals surface area contributed by atoms with Crippen LogP contribution in [0.25, 0.3) is 0 Å². The fourth-order valence-electron chi connectivity index (χ4n) is 3.16. The van der Waals surface area contributed by atoms with Crippen LogP contribution < -0.4 is 16.1 Å². The SMILES string of the molecule is NC(=S)N/N=C/c1cc(F)c(N2CCN(Cc3cccc(Cl)c3)CC2)c(F)c1. The molecule has 0 radical (unpaired) electrons. The van der Waals surface area contributed by atoms with Gasteiger partial charge < -0.3 is 10.6 Å². The predicted octanol–water partition coefficient (Wildman–Crippen LogP) is 3.11. The topological polar surface area (TPSA) is 56.9 Å². The van der Waals surface area contributed by atoms with Gasteiger partial charge in [-0.05, 0) is 42.0 Å². The summed E-state index contributed by atoms with van der Waals surface area (Å²) < 4.78 is 29.1. The highest BCUT2D eigenvalue weighted by Crippen LogP contribution is 2.26. The van der Waals surface area contributed by atoms with E-state index in [9.17, 15) is 8.78 Å². The van der Waals surface area contributed by atoms with Gasteiger partial charge in [0.25, 0.3) is 0 Å². The van der Waals surface area contributed by atoms with Crippen LogP contribution in [0.2, 0.25) is 5.02 Å². The third-order valence-electron chi connectivity index (χ3n) is 4.41. The van der Waals surface area contributed by atoms with Crippen molar-refractivity contribution in [3.05, 3.63) is 64.2 Å². The van der Waals surface area contributed by atoms with Gasteiger partial charge in [0, 0.05) is 43.3 Å². The summed E-state index contributed by atoms with van der Waals surface area (Å²) in [6.07, 6.45) is 1.26. The van der Waals surface area contributed by atoms with Gasteiger partial charge >= 0.3 is 0 Å². The highest BCUT2D eigenvalue weighted by atomic mass is 35.5. The third-order valence-corrected chi connectivity index (χ3v) is 4.74. The van der Waals surface area contributed by atoms with Crippen molar-refractivity contribution < 1.29 is 8.78 Å². The van der Waals surface area contributed by atoms with Gasteiger partial charge in [0.05, 0.1) is 6.21 Å². The van der Waals surface area contributed by atoms with Crippen LogP contribution in [0.4, 0.5) is 14.5 Å². The fourth-order valence-corrected chi connectivity index (χ4v) is 3.42. The zero-order chi connectivity index (χ0) is 20.1. The monoisotopic (exact) mass is 423 g/mol. The molecule has 0 bridgehead atoms. The van der Waals surface area contributed by atoms with E-state index in [0.717, 1.165) is 12.1 Å². The van der Waals surface area contributed by atoms with Gasteiger partial charge in [-0.15, -0.1) is 0 Å². The molecule has 0 atom stereocenters. The van der Waals surface area contributed by atoms with Gasteiger partial charge in [-0.1, -0.05) is 23.7 Å². The van der Waals surface area contributed by atoms with Crippen LogP contribution in [0.5, 0.6) is 0 Å². The van der Waals surface area contributed by atoms with Crippen molar-refractivity contribution in [3.8, 4) is 0 Å². The molecule has 5 nitrogen and oxygen atoms in total. The van der Waals surface area contributed by atoms with E-state index in [1.807, 2.05) is 24.3 Å². The Kier molecular flexibility index (Phi) is 6.77. The molecule has 0 aliphatic carbocycles. The van der Waals surface area contributed by atoms with E-state index in [1.165, 1.54) is 18.3 Å². The summed E-state index contributed by atoms with van der Waals surface area (Å²) in [7, 11) is 0. The first-order valence-corrected chi connectivity index (χ1v) is 9.50. The van der Waals surface area contributed by atoms with E-state index in [4.69, 9.17) is 17.3 Å². The Labute approximate surface area is 172 Å². The molecule has 1 aliphatic rings. The summed E-state index contributed by atoms with van der Waals surface area (Å²) in [4.78, 5) is 3.97. The number of nitrogens with two attached hydrogens (primary N) is 1. The van der Waals surface area contributed by atoms with Gasteiger partial charge in [-0.3, -0.25) is 10.3 Å². The zero-order valence-electron chi connectivity index (χ0n) is 15.0. The lowest BCUT2D eigenvalue weighted by Crippen LogP contribution is -2.46. The summed E-state index contributed by atoms with van der Waals surface area (Å²) >= 11 is 10.6. The molecular formula is C19H20ClF2N5S. The predicted molar refractivity (Wildman–Crippen MR) is 113 cm³/mol. The third kappa shape index (κ3) is 5.37. The average molecular weight is 424 g/mol. The number of nitrogens with one attached hydrogen (secondary N) is 1. The molecular weight excluding hydrogens is 404 g/mol. The molecule has 148 valence electrons. The summed E-state index contributed by atoms with van der Waals surface area (Å²) in [6.45, 7) is 3.22. The van der Waals surface area contributed by atoms with Crippen molar-refractivity contribution in [2.75, 3.05) is 31.1 Å². The molecule has 2 aromatic rings. The van der Waals surface area contributed by atoms with Crippen molar-refractivity contribution >= 4 is 40.8 Å². The van der Waals surface area contributed by atoms with Crippen LogP contribution in [0.1, 0.15) is 11.1 Å². The quantitative estimate of drug-likeness (QED) is 0.439. The van der Waals surface area contributed by atoms with Crippen molar-refractivity contribution in [1.82, 2.24) is 10.3 Å². The van der Waals surface area contributed by atoms with Crippen LogP contribution in [0.3, 0.4) is 0 Å². The van der Waals surface area contributed by atoms with Crippen molar-refractivity contribution in [2.24, 2.45) is 10.8 Å². The summed E-state index contributed by atoms with van der Waals surface area (Å²) in [5, 5.41) is 4.39. The average Bonchev–Trinajstić information content (AvgIpc) is 2.62. The van der Waals surface area contributed by atoms with Gasteiger partial charge in [0.15, 0.2) is 5.11 Å². The Morgan fingerprint density at radius 2 is 1.86 bits per heavy atom. The molecule has 1 saturated heterocycles. The summed E-state index contributed by atoms with van der Waals surface area (Å²) in [5.74, 6) is -1.25. The van der Waals surface area contributed by atoms with E-state index in [0.29, 0.717) is 31.2 Å². The molecule has 3 rings (SSSR count). The van der Waals surface area contributed by atoms with Gasteiger partial charge in [-0.2, -0.15) is 5.10 Å². The fraction of sp³-hybridized carbons (Fsp3) is 0.263. The van der Waals surface area contributed by atoms with Crippen LogP contribution in [0.15, 0.2) is 41.5 Å². The zero-order valence-corrected chi connectivity index (χ0v) is 16.6. The number of hydrogen-bond donors (Lipinski definition) is 2. The van der Waals surface area contributed by atoms with E-state index in [2.05, 4.69) is 27.6 Å². The van der Waals surface area contributed by atoms with Crippen LogP contribution in [-0.2, 0) is 6.54 Å². The lowest BCUT2D eigenvalue weighted by molar-refractivity contribution is 0.248. The second-order valence-corrected chi connectivity index (χ2v) is 7.34. The minimum absolute atomic E-state index is 0.0122. The number of thiocarbonyl (C=S) groups is 1. The van der Waals surface area contributed by atoms with E-state index in [-0.39, 0.29) is 16.4 Å². The van der Waals surface area contributed by atoms with Crippen LogP contribution >= 0.6 is 23.8 Å². The van der Waals surface area contributed by atoms with E-state index < -0.39 is 11.6 Å². The molecule has 0 amide bonds. The van der Waals surface area contributed by atoms with Gasteiger partial charge in [0.2, 0.25) is 0 Å². The maximum Gasteiger partial charge on any atom is 0.184 e. The molecule has 1 fully saturated rings. The first-order chi connectivity index (χ1) is 13.4. The highest BCUT2D eigenvalue weighted by Gasteiger charge is 2.23. The van der Waals surface area contributed by atoms with E-state index >= 15 is 0 Å². The molecule has 0 unspecified atom stereocenters. The van der Waals surface area contributed by atoms with Crippen LogP contribution in [-0.4, -0.2) is 42.4 Å². The minimum atomic E-state index is -0.625. The Balaban J connectivity index is 1.63. The Hall–Kier alpha value is -2.29. The largest absolute Gasteiger partial charge is 0.375 e. The van der Waals surface area contributed by atoms with Crippen molar-refractivity contribution in [1.29, 1.82) is 0 Å². The second kappa shape index (κ2) is 9.27. The Morgan fingerprint density at radius 3 is 2.46 bits per heavy atom. The Bertz CT molecular complexity index is 861. The highest BCUT2D eigenvalue weighted by molar-refractivity contribution is 7.80. The van der Waals surface area contributed by atoms with Gasteiger partial charge in [-0.25, -0.2) is 8.78 Å². The molecule has 0 saturated carbocycles. The number of halogens is 3. The molecule has 28 heavy (non-hydrogen) atoms. The molecule has 3 N–H and O–H groups in total. The summed E-state index contributed by atoms with van der Waals surface area (Å²) in [5.41, 5.74) is 8.98. The number of nitrogens with zero attached hydrogens (tertiary/aromatic N) is 3. The number of piperazine rings is 1. The number of anilines is 1. The molecule has 0 aromatic heterocycles. The number of rotatable bonds is 5. The molecule has 2 aromatic carbocycles. The lowest BCUT2D eigenvalue weighted by Gasteiger charge is -2.36. The van der Waals surface area contributed by atoms with Crippen LogP contribution in [0, 0.1) is 11.6 Å². The first-order valence-electron chi connectivity index (χ1n) is 8.71. The van der Waals surface area contributed by atoms with Crippen molar-refractivity contribution in [2.45, 2.75) is 6.54 Å². The maximum atomic E-state index is 14.5. The smallest absolute Gasteiger partial charge is 0.184 e.